The Hall–Kier alpha value is -5.94. The summed E-state index contributed by atoms with van der Waals surface area (Å²) in [6.07, 6.45) is 1.85. The Morgan fingerprint density at radius 3 is 1.46 bits per heavy atom. The maximum Gasteiger partial charge on any atom is 0.0721 e. The van der Waals surface area contributed by atoms with Crippen molar-refractivity contribution in [1.29, 1.82) is 0 Å². The number of halogens is 1. The topological polar surface area (TPSA) is 15.7 Å². The lowest BCUT2D eigenvalue weighted by atomic mass is 10.0. The highest BCUT2D eigenvalue weighted by Gasteiger charge is 2.21. The second kappa shape index (κ2) is 15.1. The van der Waals surface area contributed by atoms with Crippen molar-refractivity contribution in [1.82, 2.24) is 0 Å². The van der Waals surface area contributed by atoms with Gasteiger partial charge in [0.2, 0.25) is 0 Å². The Balaban J connectivity index is 1.21. The number of anilines is 6. The summed E-state index contributed by atoms with van der Waals surface area (Å²) < 4.78 is 7.11. The zero-order valence-corrected chi connectivity index (χ0v) is 30.3. The number of ether oxygens (including phenoxy) is 1. The van der Waals surface area contributed by atoms with Crippen LogP contribution in [0.2, 0.25) is 0 Å². The van der Waals surface area contributed by atoms with Crippen molar-refractivity contribution >= 4 is 77.7 Å². The Kier molecular flexibility index (Phi) is 9.66. The molecule has 3 nitrogen and oxygen atoms in total. The van der Waals surface area contributed by atoms with Crippen LogP contribution in [0.4, 0.5) is 34.1 Å². The number of nitrogens with zero attached hydrogens (tertiary/aromatic N) is 2. The number of para-hydroxylation sites is 1. The fraction of sp³-hybridized carbons (Fsp3) is 0.0417. The van der Waals surface area contributed by atoms with Crippen LogP contribution in [-0.4, -0.2) is 0 Å². The van der Waals surface area contributed by atoms with Crippen LogP contribution in [0.3, 0.4) is 0 Å². The normalized spacial score (nSPS) is 11.1. The fourth-order valence-electron chi connectivity index (χ4n) is 6.83. The molecule has 8 aromatic carbocycles. The highest BCUT2D eigenvalue weighted by atomic mass is 79.9. The van der Waals surface area contributed by atoms with Crippen LogP contribution in [0, 0.1) is 0 Å². The largest absolute Gasteiger partial charge is 0.372 e. The van der Waals surface area contributed by atoms with E-state index in [0.29, 0.717) is 13.2 Å². The van der Waals surface area contributed by atoms with Crippen molar-refractivity contribution in [3.63, 3.8) is 0 Å². The summed E-state index contributed by atoms with van der Waals surface area (Å²) in [5, 5.41) is 4.75. The molecule has 0 radical (unpaired) electrons. The van der Waals surface area contributed by atoms with Gasteiger partial charge in [-0.1, -0.05) is 156 Å². The van der Waals surface area contributed by atoms with Crippen LogP contribution in [0.25, 0.3) is 27.6 Å². The smallest absolute Gasteiger partial charge is 0.0721 e. The summed E-state index contributed by atoms with van der Waals surface area (Å²) in [6, 6.07) is 64.5. The van der Waals surface area contributed by atoms with Crippen LogP contribution in [0.1, 0.15) is 16.7 Å². The summed E-state index contributed by atoms with van der Waals surface area (Å²) in [5.41, 5.74) is 9.80. The predicted octanol–water partition coefficient (Wildman–Crippen LogP) is 14.1. The summed E-state index contributed by atoms with van der Waals surface area (Å²) >= 11 is 3.93. The monoisotopic (exact) mass is 736 g/mol. The Morgan fingerprint density at radius 1 is 0.462 bits per heavy atom. The molecule has 0 spiro atoms. The molecule has 8 aromatic rings. The maximum absolute atomic E-state index is 6.13. The van der Waals surface area contributed by atoms with Crippen LogP contribution >= 0.6 is 15.9 Å². The molecular weight excluding hydrogens is 700 g/mol. The second-order valence-electron chi connectivity index (χ2n) is 12.8. The molecule has 0 aromatic heterocycles. The van der Waals surface area contributed by atoms with E-state index < -0.39 is 0 Å². The second-order valence-corrected chi connectivity index (χ2v) is 13.7. The standard InChI is InChI=1S/C48H37BrN2O/c1-2-35-22-24-36(25-23-35)33-52-34-37-26-28-42(29-27-37)51(48-21-11-15-39-13-7-9-19-46(39)48)44-31-40(49)30-43(32-44)50(41-16-4-3-5-17-41)47-20-10-14-38-12-6-8-18-45(38)47/h2-32H,1,33-34H2. The van der Waals surface area contributed by atoms with Crippen molar-refractivity contribution in [2.75, 3.05) is 9.80 Å². The molecule has 0 heterocycles. The molecule has 0 aliphatic carbocycles. The summed E-state index contributed by atoms with van der Waals surface area (Å²) in [6.45, 7) is 4.92. The average molecular weight is 738 g/mol. The molecule has 0 aliphatic rings. The third-order valence-corrected chi connectivity index (χ3v) is 9.82. The molecule has 52 heavy (non-hydrogen) atoms. The lowest BCUT2D eigenvalue weighted by molar-refractivity contribution is 0.107. The summed E-state index contributed by atoms with van der Waals surface area (Å²) in [4.78, 5) is 4.71. The number of fused-ring (bicyclic) bond motifs is 2. The van der Waals surface area contributed by atoms with Crippen LogP contribution in [0.15, 0.2) is 193 Å². The van der Waals surface area contributed by atoms with Gasteiger partial charge in [-0.15, -0.1) is 0 Å². The molecule has 0 bridgehead atoms. The minimum atomic E-state index is 0.524. The highest BCUT2D eigenvalue weighted by Crippen LogP contribution is 2.45. The van der Waals surface area contributed by atoms with Crippen LogP contribution in [0.5, 0.6) is 0 Å². The summed E-state index contributed by atoms with van der Waals surface area (Å²) in [7, 11) is 0. The van der Waals surface area contributed by atoms with Gasteiger partial charge in [0.15, 0.2) is 0 Å². The molecule has 0 fully saturated rings. The lowest BCUT2D eigenvalue weighted by Crippen LogP contribution is -2.14. The zero-order valence-electron chi connectivity index (χ0n) is 28.7. The van der Waals surface area contributed by atoms with E-state index in [9.17, 15) is 0 Å². The molecule has 0 atom stereocenters. The first kappa shape index (κ1) is 33.2. The van der Waals surface area contributed by atoms with Gasteiger partial charge in [0.25, 0.3) is 0 Å². The SMILES string of the molecule is C=Cc1ccc(COCc2ccc(N(c3cc(Br)cc(N(c4ccccc4)c4cccc5ccccc45)c3)c3cccc4ccccc34)cc2)cc1. The quantitative estimate of drug-likeness (QED) is 0.131. The van der Waals surface area contributed by atoms with E-state index in [4.69, 9.17) is 4.74 Å². The Morgan fingerprint density at radius 2 is 0.923 bits per heavy atom. The average Bonchev–Trinajstić information content (AvgIpc) is 3.19. The van der Waals surface area contributed by atoms with E-state index >= 15 is 0 Å². The number of benzene rings is 8. The van der Waals surface area contributed by atoms with Gasteiger partial charge in [-0.05, 0) is 82.1 Å². The fourth-order valence-corrected chi connectivity index (χ4v) is 7.30. The van der Waals surface area contributed by atoms with Crippen molar-refractivity contribution in [2.45, 2.75) is 13.2 Å². The molecule has 0 unspecified atom stereocenters. The van der Waals surface area contributed by atoms with Gasteiger partial charge in [-0.25, -0.2) is 0 Å². The first-order valence-electron chi connectivity index (χ1n) is 17.4. The molecule has 0 aliphatic heterocycles. The molecule has 8 rings (SSSR count). The molecule has 0 saturated heterocycles. The lowest BCUT2D eigenvalue weighted by Gasteiger charge is -2.31. The molecule has 4 heteroatoms. The van der Waals surface area contributed by atoms with Crippen molar-refractivity contribution in [3.8, 4) is 0 Å². The van der Waals surface area contributed by atoms with Crippen LogP contribution < -0.4 is 9.80 Å². The number of hydrogen-bond donors (Lipinski definition) is 0. The van der Waals surface area contributed by atoms with E-state index in [0.717, 1.165) is 55.3 Å². The first-order valence-corrected chi connectivity index (χ1v) is 18.2. The molecule has 0 amide bonds. The predicted molar refractivity (Wildman–Crippen MR) is 224 cm³/mol. The van der Waals surface area contributed by atoms with Crippen LogP contribution in [-0.2, 0) is 18.0 Å². The molecular formula is C48H37BrN2O. The molecule has 0 N–H and O–H groups in total. The number of hydrogen-bond acceptors (Lipinski definition) is 3. The van der Waals surface area contributed by atoms with Gasteiger partial charge in [0.05, 0.1) is 24.6 Å². The van der Waals surface area contributed by atoms with Crippen molar-refractivity contribution in [2.24, 2.45) is 0 Å². The van der Waals surface area contributed by atoms with Gasteiger partial charge in [0, 0.05) is 38.0 Å². The third kappa shape index (κ3) is 7.00. The van der Waals surface area contributed by atoms with E-state index in [2.05, 4.69) is 214 Å². The van der Waals surface area contributed by atoms with Crippen molar-refractivity contribution < 1.29 is 4.74 Å². The van der Waals surface area contributed by atoms with E-state index in [1.807, 2.05) is 6.08 Å². The zero-order chi connectivity index (χ0) is 35.3. The molecule has 252 valence electrons. The summed E-state index contributed by atoms with van der Waals surface area (Å²) in [5.74, 6) is 0. The minimum absolute atomic E-state index is 0.524. The van der Waals surface area contributed by atoms with Gasteiger partial charge in [-0.2, -0.15) is 0 Å². The van der Waals surface area contributed by atoms with Crippen molar-refractivity contribution in [3.05, 3.63) is 210 Å². The minimum Gasteiger partial charge on any atom is -0.372 e. The van der Waals surface area contributed by atoms with E-state index in [1.54, 1.807) is 0 Å². The number of rotatable bonds is 11. The third-order valence-electron chi connectivity index (χ3n) is 9.36. The van der Waals surface area contributed by atoms with Gasteiger partial charge in [-0.3, -0.25) is 0 Å². The van der Waals surface area contributed by atoms with Gasteiger partial charge >= 0.3 is 0 Å². The maximum atomic E-state index is 6.13. The van der Waals surface area contributed by atoms with E-state index in [-0.39, 0.29) is 0 Å². The van der Waals surface area contributed by atoms with E-state index in [1.165, 1.54) is 21.5 Å². The molecule has 0 saturated carbocycles. The Labute approximate surface area is 313 Å². The highest BCUT2D eigenvalue weighted by molar-refractivity contribution is 9.10. The van der Waals surface area contributed by atoms with Gasteiger partial charge in [0.1, 0.15) is 0 Å². The Bertz CT molecular complexity index is 2470. The van der Waals surface area contributed by atoms with Gasteiger partial charge < -0.3 is 14.5 Å². The first-order chi connectivity index (χ1) is 25.6.